The van der Waals surface area contributed by atoms with Gasteiger partial charge in [0.1, 0.15) is 0 Å². The van der Waals surface area contributed by atoms with E-state index in [9.17, 15) is 0 Å². The van der Waals surface area contributed by atoms with Gasteiger partial charge in [0.25, 0.3) is 0 Å². The molecule has 0 saturated carbocycles. The van der Waals surface area contributed by atoms with Crippen LogP contribution in [0.15, 0.2) is 30.3 Å². The standard InChI is InChI=1S/C9H14Si.C3H10Si/c1-10(2,3)9-7-5-4-6-8-9;1-4(2)3/h4-8H,1-3H3;4H,1-3H3. The third kappa shape index (κ3) is 7.10. The van der Waals surface area contributed by atoms with Gasteiger partial charge in [-0.3, -0.25) is 0 Å². The van der Waals surface area contributed by atoms with Crippen LogP contribution in [0.1, 0.15) is 0 Å². The van der Waals surface area contributed by atoms with Crippen molar-refractivity contribution in [3.63, 3.8) is 0 Å². The van der Waals surface area contributed by atoms with Crippen molar-refractivity contribution < 1.29 is 0 Å². The highest BCUT2D eigenvalue weighted by Gasteiger charge is 2.14. The molecular formula is C12H24Si2. The molecule has 0 fully saturated rings. The van der Waals surface area contributed by atoms with E-state index >= 15 is 0 Å². The highest BCUT2D eigenvalue weighted by atomic mass is 28.3. The summed E-state index contributed by atoms with van der Waals surface area (Å²) in [4.78, 5) is 0. The van der Waals surface area contributed by atoms with E-state index in [1.807, 2.05) is 0 Å². The quantitative estimate of drug-likeness (QED) is 0.642. The molecule has 0 amide bonds. The molecule has 0 aliphatic rings. The van der Waals surface area contributed by atoms with E-state index in [2.05, 4.69) is 69.6 Å². The minimum atomic E-state index is -1.03. The van der Waals surface area contributed by atoms with Crippen LogP contribution in [0.5, 0.6) is 0 Å². The lowest BCUT2D eigenvalue weighted by Gasteiger charge is -2.15. The molecule has 0 nitrogen and oxygen atoms in total. The molecule has 0 bridgehead atoms. The zero-order valence-electron chi connectivity index (χ0n) is 10.5. The van der Waals surface area contributed by atoms with E-state index in [0.717, 1.165) is 0 Å². The van der Waals surface area contributed by atoms with Gasteiger partial charge in [0.05, 0.1) is 8.07 Å². The molecule has 1 aromatic carbocycles. The van der Waals surface area contributed by atoms with Crippen molar-refractivity contribution in [3.8, 4) is 0 Å². The van der Waals surface area contributed by atoms with Crippen molar-refractivity contribution in [1.29, 1.82) is 0 Å². The Hall–Kier alpha value is -0.346. The predicted molar refractivity (Wildman–Crippen MR) is 74.2 cm³/mol. The first-order valence-electron chi connectivity index (χ1n) is 5.39. The highest BCUT2D eigenvalue weighted by Crippen LogP contribution is 2.00. The average Bonchev–Trinajstić information content (AvgIpc) is 2.03. The molecule has 0 aliphatic carbocycles. The summed E-state index contributed by atoms with van der Waals surface area (Å²) in [7, 11) is -1.17. The SMILES string of the molecule is C[SiH](C)C.C[Si](C)(C)c1ccccc1. The maximum absolute atomic E-state index is 2.36. The number of rotatable bonds is 1. The van der Waals surface area contributed by atoms with Crippen LogP contribution >= 0.6 is 0 Å². The maximum atomic E-state index is 2.36. The van der Waals surface area contributed by atoms with E-state index in [1.54, 1.807) is 0 Å². The third-order valence-electron chi connectivity index (χ3n) is 1.64. The van der Waals surface area contributed by atoms with Gasteiger partial charge in [0, 0.05) is 8.80 Å². The lowest BCUT2D eigenvalue weighted by atomic mass is 10.4. The van der Waals surface area contributed by atoms with Crippen molar-refractivity contribution in [2.75, 3.05) is 0 Å². The fraction of sp³-hybridized carbons (Fsp3) is 0.500. The average molecular weight is 224 g/mol. The van der Waals surface area contributed by atoms with Crippen LogP contribution in [0.25, 0.3) is 0 Å². The van der Waals surface area contributed by atoms with Gasteiger partial charge in [-0.05, 0) is 0 Å². The van der Waals surface area contributed by atoms with Gasteiger partial charge in [-0.15, -0.1) is 0 Å². The molecule has 1 aromatic rings. The van der Waals surface area contributed by atoms with Crippen molar-refractivity contribution in [2.45, 2.75) is 39.3 Å². The molecule has 0 saturated heterocycles. The molecule has 0 aromatic heterocycles. The number of hydrogen-bond donors (Lipinski definition) is 0. The van der Waals surface area contributed by atoms with Crippen molar-refractivity contribution in [1.82, 2.24) is 0 Å². The predicted octanol–water partition coefficient (Wildman–Crippen LogP) is 3.33. The Morgan fingerprint density at radius 1 is 0.857 bits per heavy atom. The van der Waals surface area contributed by atoms with Crippen molar-refractivity contribution >= 4 is 22.1 Å². The fourth-order valence-electron chi connectivity index (χ4n) is 0.938. The Morgan fingerprint density at radius 2 is 1.21 bits per heavy atom. The second-order valence-corrected chi connectivity index (χ2v) is 13.9. The second-order valence-electron chi connectivity index (χ2n) is 5.35. The molecular weight excluding hydrogens is 200 g/mol. The first-order chi connectivity index (χ1) is 6.34. The van der Waals surface area contributed by atoms with Crippen LogP contribution in [-0.2, 0) is 0 Å². The van der Waals surface area contributed by atoms with Gasteiger partial charge in [-0.25, -0.2) is 0 Å². The zero-order chi connectivity index (χ0) is 11.2. The summed E-state index contributed by atoms with van der Waals surface area (Å²) in [6.45, 7) is 14.0. The van der Waals surface area contributed by atoms with Crippen LogP contribution in [-0.4, -0.2) is 16.9 Å². The summed E-state index contributed by atoms with van der Waals surface area (Å²) < 4.78 is 0. The van der Waals surface area contributed by atoms with Crippen LogP contribution < -0.4 is 5.19 Å². The Bertz CT molecular complexity index is 231. The van der Waals surface area contributed by atoms with E-state index in [1.165, 1.54) is 5.19 Å². The summed E-state index contributed by atoms with van der Waals surface area (Å²) in [5.41, 5.74) is 0. The third-order valence-corrected chi connectivity index (χ3v) is 3.71. The monoisotopic (exact) mass is 224 g/mol. The second kappa shape index (κ2) is 6.20. The lowest BCUT2D eigenvalue weighted by Crippen LogP contribution is -2.37. The normalized spacial score (nSPS) is 10.8. The van der Waals surface area contributed by atoms with Crippen molar-refractivity contribution in [3.05, 3.63) is 30.3 Å². The van der Waals surface area contributed by atoms with E-state index in [-0.39, 0.29) is 8.80 Å². The molecule has 0 radical (unpaired) electrons. The number of benzene rings is 1. The maximum Gasteiger partial charge on any atom is 0.0775 e. The van der Waals surface area contributed by atoms with Gasteiger partial charge < -0.3 is 0 Å². The molecule has 14 heavy (non-hydrogen) atoms. The van der Waals surface area contributed by atoms with E-state index in [4.69, 9.17) is 0 Å². The minimum Gasteiger partial charge on any atom is -0.0724 e. The van der Waals surface area contributed by atoms with Crippen LogP contribution in [0.2, 0.25) is 39.3 Å². The molecule has 0 unspecified atom stereocenters. The lowest BCUT2D eigenvalue weighted by molar-refractivity contribution is 1.68. The first kappa shape index (κ1) is 13.7. The van der Waals surface area contributed by atoms with Gasteiger partial charge in [-0.1, -0.05) is 74.8 Å². The molecule has 0 spiro atoms. The van der Waals surface area contributed by atoms with Gasteiger partial charge >= 0.3 is 0 Å². The summed E-state index contributed by atoms with van der Waals surface area (Å²) >= 11 is 0. The summed E-state index contributed by atoms with van der Waals surface area (Å²) in [5.74, 6) is 0. The largest absolute Gasteiger partial charge is 0.0775 e. The van der Waals surface area contributed by atoms with Gasteiger partial charge in [-0.2, -0.15) is 0 Å². The zero-order valence-corrected chi connectivity index (χ0v) is 12.6. The Morgan fingerprint density at radius 3 is 1.43 bits per heavy atom. The van der Waals surface area contributed by atoms with E-state index < -0.39 is 8.07 Å². The highest BCUT2D eigenvalue weighted by molar-refractivity contribution is 6.88. The molecule has 2 heteroatoms. The van der Waals surface area contributed by atoms with Gasteiger partial charge in [0.15, 0.2) is 0 Å². The van der Waals surface area contributed by atoms with Crippen LogP contribution in [0.3, 0.4) is 0 Å². The van der Waals surface area contributed by atoms with E-state index in [0.29, 0.717) is 0 Å². The minimum absolute atomic E-state index is 0.139. The topological polar surface area (TPSA) is 0 Å². The number of hydrogen-bond acceptors (Lipinski definition) is 0. The Labute approximate surface area is 92.0 Å². The van der Waals surface area contributed by atoms with Gasteiger partial charge in [0.2, 0.25) is 0 Å². The molecule has 0 atom stereocenters. The Balaban J connectivity index is 0.000000364. The van der Waals surface area contributed by atoms with Crippen LogP contribution in [0.4, 0.5) is 0 Å². The summed E-state index contributed by atoms with van der Waals surface area (Å²) in [6, 6.07) is 10.8. The smallest absolute Gasteiger partial charge is 0.0724 e. The summed E-state index contributed by atoms with van der Waals surface area (Å²) in [5, 5.41) is 1.54. The molecule has 0 aliphatic heterocycles. The van der Waals surface area contributed by atoms with Crippen LogP contribution in [0, 0.1) is 0 Å². The fourth-order valence-corrected chi connectivity index (χ4v) is 2.13. The molecule has 0 N–H and O–H groups in total. The molecule has 80 valence electrons. The Kier molecular flexibility index (Phi) is 6.04. The summed E-state index contributed by atoms with van der Waals surface area (Å²) in [6.07, 6.45) is 0. The molecule has 0 heterocycles. The van der Waals surface area contributed by atoms with Crippen molar-refractivity contribution in [2.24, 2.45) is 0 Å². The first-order valence-corrected chi connectivity index (χ1v) is 12.4. The molecule has 1 rings (SSSR count).